The smallest absolute Gasteiger partial charge is 0.146 e. The molecule has 25 heavy (non-hydrogen) atoms. The lowest BCUT2D eigenvalue weighted by Gasteiger charge is -2.32. The summed E-state index contributed by atoms with van der Waals surface area (Å²) in [6.07, 6.45) is 1.93. The summed E-state index contributed by atoms with van der Waals surface area (Å²) in [5.41, 5.74) is 3.51. The van der Waals surface area contributed by atoms with Crippen molar-refractivity contribution in [3.05, 3.63) is 96.6 Å². The summed E-state index contributed by atoms with van der Waals surface area (Å²) >= 11 is 0. The lowest BCUT2D eigenvalue weighted by atomic mass is 9.96. The molecule has 0 aromatic heterocycles. The molecule has 0 radical (unpaired) electrons. The van der Waals surface area contributed by atoms with Crippen molar-refractivity contribution in [3.8, 4) is 0 Å². The van der Waals surface area contributed by atoms with Gasteiger partial charge < -0.3 is 9.47 Å². The van der Waals surface area contributed by atoms with Crippen LogP contribution in [0.4, 0.5) is 0 Å². The minimum absolute atomic E-state index is 0.138. The first-order valence-electron chi connectivity index (χ1n) is 8.44. The quantitative estimate of drug-likeness (QED) is 0.344. The molecule has 0 aliphatic heterocycles. The highest BCUT2D eigenvalue weighted by molar-refractivity contribution is 5.32. The van der Waals surface area contributed by atoms with Crippen molar-refractivity contribution in [1.29, 1.82) is 0 Å². The van der Waals surface area contributed by atoms with Gasteiger partial charge in [-0.25, -0.2) is 0 Å². The maximum atomic E-state index is 5.44. The number of ether oxygens (including phenoxy) is 2. The van der Waals surface area contributed by atoms with Gasteiger partial charge in [0.15, 0.2) is 0 Å². The second-order valence-corrected chi connectivity index (χ2v) is 5.95. The molecule has 2 rings (SSSR count). The molecule has 0 fully saturated rings. The summed E-state index contributed by atoms with van der Waals surface area (Å²) in [7, 11) is 1.62. The van der Waals surface area contributed by atoms with Gasteiger partial charge >= 0.3 is 0 Å². The summed E-state index contributed by atoms with van der Waals surface area (Å²) < 4.78 is 10.4. The van der Waals surface area contributed by atoms with Crippen LogP contribution in [-0.4, -0.2) is 38.5 Å². The van der Waals surface area contributed by atoms with E-state index in [0.717, 1.165) is 18.7 Å². The number of methoxy groups -OCH3 is 1. The normalized spacial score (nSPS) is 11.0. The van der Waals surface area contributed by atoms with Crippen LogP contribution in [0.5, 0.6) is 0 Å². The Hall–Kier alpha value is -2.20. The Bertz CT molecular complexity index is 600. The van der Waals surface area contributed by atoms with E-state index in [-0.39, 0.29) is 12.8 Å². The molecule has 0 atom stereocenters. The predicted molar refractivity (Wildman–Crippen MR) is 103 cm³/mol. The fourth-order valence-corrected chi connectivity index (χ4v) is 2.91. The molecule has 0 amide bonds. The van der Waals surface area contributed by atoms with Gasteiger partial charge in [0.05, 0.1) is 12.6 Å². The van der Waals surface area contributed by atoms with Gasteiger partial charge in [-0.1, -0.05) is 73.3 Å². The molecule has 0 saturated carbocycles. The molecule has 0 aliphatic rings. The second kappa shape index (κ2) is 10.6. The third-order valence-corrected chi connectivity index (χ3v) is 3.89. The van der Waals surface area contributed by atoms with E-state index in [0.29, 0.717) is 6.61 Å². The first-order chi connectivity index (χ1) is 12.3. The van der Waals surface area contributed by atoms with Gasteiger partial charge in [-0.05, 0) is 16.7 Å². The molecule has 0 spiro atoms. The van der Waals surface area contributed by atoms with Crippen LogP contribution in [0.3, 0.4) is 0 Å². The third kappa shape index (κ3) is 5.98. The Morgan fingerprint density at radius 2 is 1.60 bits per heavy atom. The Kier molecular flexibility index (Phi) is 8.13. The SMILES string of the molecule is C=CCN(CC(=C)COCOC)C(c1ccccc1)c1ccccc1. The number of rotatable bonds is 11. The van der Waals surface area contributed by atoms with E-state index in [4.69, 9.17) is 9.47 Å². The van der Waals surface area contributed by atoms with Crippen LogP contribution < -0.4 is 0 Å². The zero-order valence-corrected chi connectivity index (χ0v) is 14.9. The number of nitrogens with zero attached hydrogens (tertiary/aromatic N) is 1. The summed E-state index contributed by atoms with van der Waals surface area (Å²) in [6, 6.07) is 21.2. The largest absolute Gasteiger partial charge is 0.359 e. The average molecular weight is 337 g/mol. The Morgan fingerprint density at radius 1 is 1.04 bits per heavy atom. The molecular formula is C22H27NO2. The van der Waals surface area contributed by atoms with Crippen molar-refractivity contribution in [2.24, 2.45) is 0 Å². The molecule has 2 aromatic rings. The number of hydrogen-bond acceptors (Lipinski definition) is 3. The lowest BCUT2D eigenvalue weighted by molar-refractivity contribution is -0.0223. The number of hydrogen-bond donors (Lipinski definition) is 0. The minimum Gasteiger partial charge on any atom is -0.359 e. The van der Waals surface area contributed by atoms with Crippen molar-refractivity contribution in [1.82, 2.24) is 4.90 Å². The van der Waals surface area contributed by atoms with Crippen molar-refractivity contribution in [3.63, 3.8) is 0 Å². The van der Waals surface area contributed by atoms with Gasteiger partial charge in [0.1, 0.15) is 6.79 Å². The van der Waals surface area contributed by atoms with E-state index < -0.39 is 0 Å². The topological polar surface area (TPSA) is 21.7 Å². The highest BCUT2D eigenvalue weighted by atomic mass is 16.7. The van der Waals surface area contributed by atoms with Gasteiger partial charge in [-0.15, -0.1) is 6.58 Å². The fraction of sp³-hybridized carbons (Fsp3) is 0.273. The Labute approximate surface area is 151 Å². The minimum atomic E-state index is 0.138. The first kappa shape index (κ1) is 19.1. The van der Waals surface area contributed by atoms with Crippen LogP contribution in [-0.2, 0) is 9.47 Å². The molecule has 0 unspecified atom stereocenters. The summed E-state index contributed by atoms with van der Waals surface area (Å²) in [6.45, 7) is 10.3. The van der Waals surface area contributed by atoms with Crippen LogP contribution >= 0.6 is 0 Å². The standard InChI is InChI=1S/C22H27NO2/c1-4-15-23(16-19(2)17-25-18-24-3)22(20-11-7-5-8-12-20)21-13-9-6-10-14-21/h4-14,22H,1-2,15-18H2,3H3. The Balaban J connectivity index is 2.25. The molecular weight excluding hydrogens is 310 g/mol. The zero-order valence-electron chi connectivity index (χ0n) is 14.9. The van der Waals surface area contributed by atoms with E-state index in [1.54, 1.807) is 7.11 Å². The molecule has 0 aliphatic carbocycles. The summed E-state index contributed by atoms with van der Waals surface area (Å²) in [5.74, 6) is 0. The molecule has 3 nitrogen and oxygen atoms in total. The summed E-state index contributed by atoms with van der Waals surface area (Å²) in [5, 5.41) is 0. The van der Waals surface area contributed by atoms with Gasteiger partial charge in [-0.2, -0.15) is 0 Å². The second-order valence-electron chi connectivity index (χ2n) is 5.95. The maximum Gasteiger partial charge on any atom is 0.146 e. The first-order valence-corrected chi connectivity index (χ1v) is 8.44. The molecule has 132 valence electrons. The maximum absolute atomic E-state index is 5.44. The van der Waals surface area contributed by atoms with Gasteiger partial charge in [0.2, 0.25) is 0 Å². The van der Waals surface area contributed by atoms with Crippen LogP contribution in [0.2, 0.25) is 0 Å². The Morgan fingerprint density at radius 3 is 2.08 bits per heavy atom. The van der Waals surface area contributed by atoms with Crippen molar-refractivity contribution in [2.45, 2.75) is 6.04 Å². The highest BCUT2D eigenvalue weighted by Crippen LogP contribution is 2.29. The van der Waals surface area contributed by atoms with E-state index in [1.165, 1.54) is 11.1 Å². The fourth-order valence-electron chi connectivity index (χ4n) is 2.91. The third-order valence-electron chi connectivity index (χ3n) is 3.89. The molecule has 2 aromatic carbocycles. The van der Waals surface area contributed by atoms with Crippen molar-refractivity contribution in [2.75, 3.05) is 33.6 Å². The molecule has 0 heterocycles. The van der Waals surface area contributed by atoms with E-state index in [1.807, 2.05) is 18.2 Å². The van der Waals surface area contributed by atoms with Gasteiger partial charge in [0, 0.05) is 20.2 Å². The van der Waals surface area contributed by atoms with E-state index in [9.17, 15) is 0 Å². The molecule has 0 saturated heterocycles. The van der Waals surface area contributed by atoms with Gasteiger partial charge in [-0.3, -0.25) is 4.90 Å². The number of benzene rings is 2. The van der Waals surface area contributed by atoms with Crippen LogP contribution in [0.1, 0.15) is 17.2 Å². The highest BCUT2D eigenvalue weighted by Gasteiger charge is 2.21. The monoisotopic (exact) mass is 337 g/mol. The van der Waals surface area contributed by atoms with E-state index in [2.05, 4.69) is 66.6 Å². The zero-order chi connectivity index (χ0) is 17.9. The molecule has 0 bridgehead atoms. The van der Waals surface area contributed by atoms with Crippen LogP contribution in [0.25, 0.3) is 0 Å². The van der Waals surface area contributed by atoms with Crippen molar-refractivity contribution >= 4 is 0 Å². The summed E-state index contributed by atoms with van der Waals surface area (Å²) in [4.78, 5) is 2.36. The van der Waals surface area contributed by atoms with Crippen molar-refractivity contribution < 1.29 is 9.47 Å². The average Bonchev–Trinajstić information content (AvgIpc) is 2.64. The van der Waals surface area contributed by atoms with Crippen LogP contribution in [0, 0.1) is 0 Å². The molecule has 3 heteroatoms. The van der Waals surface area contributed by atoms with Gasteiger partial charge in [0.25, 0.3) is 0 Å². The lowest BCUT2D eigenvalue weighted by Crippen LogP contribution is -2.32. The molecule has 0 N–H and O–H groups in total. The predicted octanol–water partition coefficient (Wildman–Crippen LogP) is 4.44. The van der Waals surface area contributed by atoms with E-state index >= 15 is 0 Å². The van der Waals surface area contributed by atoms with Crippen LogP contribution in [0.15, 0.2) is 85.5 Å².